The number of aryl methyl sites for hydroxylation is 3. The maximum absolute atomic E-state index is 12.7. The first-order valence-electron chi connectivity index (χ1n) is 7.90. The van der Waals surface area contributed by atoms with E-state index in [0.717, 1.165) is 17.7 Å². The third kappa shape index (κ3) is 3.59. The first kappa shape index (κ1) is 17.6. The number of rotatable bonds is 5. The summed E-state index contributed by atoms with van der Waals surface area (Å²) in [6.07, 6.45) is 3.48. The molecule has 3 aromatic heterocycles. The number of hydrogen-bond acceptors (Lipinski definition) is 5. The molecule has 1 amide bonds. The molecule has 0 spiro atoms. The average Bonchev–Trinajstić information content (AvgIpc) is 3.07. The summed E-state index contributed by atoms with van der Waals surface area (Å²) in [5, 5.41) is 5.15. The zero-order chi connectivity index (χ0) is 18.1. The van der Waals surface area contributed by atoms with Crippen LogP contribution in [0.15, 0.2) is 17.1 Å². The second-order valence-electron chi connectivity index (χ2n) is 5.78. The van der Waals surface area contributed by atoms with E-state index in [4.69, 9.17) is 11.6 Å². The molecule has 0 fully saturated rings. The molecule has 3 heterocycles. The lowest BCUT2D eigenvalue weighted by molar-refractivity contribution is -0.117. The molecule has 7 nitrogen and oxygen atoms in total. The zero-order valence-electron chi connectivity index (χ0n) is 14.2. The van der Waals surface area contributed by atoms with E-state index in [1.54, 1.807) is 20.0 Å². The maximum Gasteiger partial charge on any atom is 0.281 e. The van der Waals surface area contributed by atoms with E-state index in [2.05, 4.69) is 22.4 Å². The monoisotopic (exact) mass is 379 g/mol. The molecule has 0 aliphatic carbocycles. The van der Waals surface area contributed by atoms with Crippen molar-refractivity contribution >= 4 is 39.1 Å². The zero-order valence-corrected chi connectivity index (χ0v) is 15.7. The minimum Gasteiger partial charge on any atom is -0.271 e. The summed E-state index contributed by atoms with van der Waals surface area (Å²) in [6.45, 7) is 5.50. The Balaban J connectivity index is 1.87. The van der Waals surface area contributed by atoms with E-state index >= 15 is 0 Å². The van der Waals surface area contributed by atoms with Gasteiger partial charge < -0.3 is 0 Å². The van der Waals surface area contributed by atoms with Crippen LogP contribution in [0, 0.1) is 13.8 Å². The highest BCUT2D eigenvalue weighted by Crippen LogP contribution is 2.22. The normalized spacial score (nSPS) is 11.2. The lowest BCUT2D eigenvalue weighted by Crippen LogP contribution is -2.36. The Kier molecular flexibility index (Phi) is 4.91. The summed E-state index contributed by atoms with van der Waals surface area (Å²) in [5.74, 6) is 0.0555. The summed E-state index contributed by atoms with van der Waals surface area (Å²) in [6, 6.07) is 1.86. The quantitative estimate of drug-likeness (QED) is 0.738. The van der Waals surface area contributed by atoms with Crippen LogP contribution in [0.4, 0.5) is 0 Å². The van der Waals surface area contributed by atoms with Crippen LogP contribution in [0.1, 0.15) is 29.7 Å². The molecule has 0 atom stereocenters. The summed E-state index contributed by atoms with van der Waals surface area (Å²) >= 11 is 7.46. The van der Waals surface area contributed by atoms with Crippen LogP contribution >= 0.6 is 22.9 Å². The van der Waals surface area contributed by atoms with Crippen LogP contribution in [0.3, 0.4) is 0 Å². The molecule has 0 radical (unpaired) electrons. The SMILES string of the molecule is CCCc1cc2c(=O)n(NC(=O)Cn3cc(Cl)c(C)n3)c(C)nc2s1. The number of nitrogens with zero attached hydrogens (tertiary/aromatic N) is 4. The van der Waals surface area contributed by atoms with Gasteiger partial charge in [0.15, 0.2) is 0 Å². The molecule has 132 valence electrons. The van der Waals surface area contributed by atoms with Crippen LogP contribution in [-0.4, -0.2) is 25.3 Å². The van der Waals surface area contributed by atoms with Gasteiger partial charge >= 0.3 is 0 Å². The number of fused-ring (bicyclic) bond motifs is 1. The first-order chi connectivity index (χ1) is 11.9. The molecular weight excluding hydrogens is 362 g/mol. The third-order valence-electron chi connectivity index (χ3n) is 3.71. The van der Waals surface area contributed by atoms with Crippen molar-refractivity contribution in [1.29, 1.82) is 0 Å². The molecule has 3 aromatic rings. The van der Waals surface area contributed by atoms with Gasteiger partial charge in [-0.1, -0.05) is 24.9 Å². The van der Waals surface area contributed by atoms with E-state index < -0.39 is 0 Å². The predicted octanol–water partition coefficient (Wildman–Crippen LogP) is 2.65. The van der Waals surface area contributed by atoms with Crippen molar-refractivity contribution in [1.82, 2.24) is 19.4 Å². The Morgan fingerprint density at radius 2 is 2.16 bits per heavy atom. The van der Waals surface area contributed by atoms with Crippen molar-refractivity contribution in [3.63, 3.8) is 0 Å². The lowest BCUT2D eigenvalue weighted by Gasteiger charge is -2.10. The highest BCUT2D eigenvalue weighted by Gasteiger charge is 2.14. The third-order valence-corrected chi connectivity index (χ3v) is 5.17. The Bertz CT molecular complexity index is 985. The summed E-state index contributed by atoms with van der Waals surface area (Å²) in [4.78, 5) is 31.2. The Labute approximate surface area is 153 Å². The number of carbonyl (C=O) groups excluding carboxylic acids is 1. The molecule has 0 unspecified atom stereocenters. The second kappa shape index (κ2) is 6.97. The number of aromatic nitrogens is 4. The van der Waals surface area contributed by atoms with Crippen LogP contribution < -0.4 is 11.0 Å². The topological polar surface area (TPSA) is 81.8 Å². The Morgan fingerprint density at radius 3 is 2.80 bits per heavy atom. The molecule has 9 heteroatoms. The summed E-state index contributed by atoms with van der Waals surface area (Å²) < 4.78 is 2.62. The van der Waals surface area contributed by atoms with Crippen molar-refractivity contribution in [3.05, 3.63) is 44.0 Å². The van der Waals surface area contributed by atoms with E-state index in [1.807, 2.05) is 6.07 Å². The Morgan fingerprint density at radius 1 is 1.40 bits per heavy atom. The summed E-state index contributed by atoms with van der Waals surface area (Å²) in [5.41, 5.74) is 2.96. The molecule has 0 aromatic carbocycles. The molecule has 0 aliphatic heterocycles. The fourth-order valence-electron chi connectivity index (χ4n) is 2.51. The largest absolute Gasteiger partial charge is 0.281 e. The number of carbonyl (C=O) groups is 1. The molecular formula is C16H18ClN5O2S. The van der Waals surface area contributed by atoms with Gasteiger partial charge in [-0.05, 0) is 26.3 Å². The molecule has 1 N–H and O–H groups in total. The fraction of sp³-hybridized carbons (Fsp3) is 0.375. The van der Waals surface area contributed by atoms with Gasteiger partial charge in [0, 0.05) is 11.1 Å². The van der Waals surface area contributed by atoms with Gasteiger partial charge in [0.05, 0.1) is 16.1 Å². The minimum absolute atomic E-state index is 0.0395. The van der Waals surface area contributed by atoms with Gasteiger partial charge in [0.1, 0.15) is 17.2 Å². The van der Waals surface area contributed by atoms with Crippen molar-refractivity contribution in [2.45, 2.75) is 40.2 Å². The van der Waals surface area contributed by atoms with Gasteiger partial charge in [-0.2, -0.15) is 5.10 Å². The number of hydrogen-bond donors (Lipinski definition) is 1. The average molecular weight is 380 g/mol. The van der Waals surface area contributed by atoms with E-state index in [0.29, 0.717) is 26.8 Å². The van der Waals surface area contributed by atoms with Crippen molar-refractivity contribution in [2.24, 2.45) is 0 Å². The second-order valence-corrected chi connectivity index (χ2v) is 7.30. The molecule has 0 aliphatic rings. The number of halogens is 1. The minimum atomic E-state index is -0.380. The summed E-state index contributed by atoms with van der Waals surface area (Å²) in [7, 11) is 0. The number of thiophene rings is 1. The number of amides is 1. The standard InChI is InChI=1S/C16H18ClN5O2S/c1-4-5-11-6-12-15(25-11)18-10(3)22(16(12)24)20-14(23)8-21-7-13(17)9(2)19-21/h6-7H,4-5,8H2,1-3H3,(H,20,23). The van der Waals surface area contributed by atoms with Gasteiger partial charge in [0.2, 0.25) is 0 Å². The van der Waals surface area contributed by atoms with Crippen molar-refractivity contribution in [2.75, 3.05) is 5.43 Å². The highest BCUT2D eigenvalue weighted by atomic mass is 35.5. The van der Waals surface area contributed by atoms with Gasteiger partial charge in [-0.15, -0.1) is 11.3 Å². The van der Waals surface area contributed by atoms with Crippen molar-refractivity contribution in [3.8, 4) is 0 Å². The Hall–Kier alpha value is -2.19. The van der Waals surface area contributed by atoms with Gasteiger partial charge in [-0.25, -0.2) is 9.66 Å². The predicted molar refractivity (Wildman–Crippen MR) is 99.0 cm³/mol. The molecule has 3 rings (SSSR count). The smallest absolute Gasteiger partial charge is 0.271 e. The maximum atomic E-state index is 12.7. The molecule has 0 saturated heterocycles. The number of nitrogens with one attached hydrogen (secondary N) is 1. The van der Waals surface area contributed by atoms with Gasteiger partial charge in [0.25, 0.3) is 11.5 Å². The highest BCUT2D eigenvalue weighted by molar-refractivity contribution is 7.18. The lowest BCUT2D eigenvalue weighted by atomic mass is 10.2. The fourth-order valence-corrected chi connectivity index (χ4v) is 3.83. The van der Waals surface area contributed by atoms with E-state index in [-0.39, 0.29) is 18.0 Å². The van der Waals surface area contributed by atoms with Crippen LogP contribution in [0.25, 0.3) is 10.2 Å². The van der Waals surface area contributed by atoms with Crippen molar-refractivity contribution < 1.29 is 4.79 Å². The van der Waals surface area contributed by atoms with Crippen LogP contribution in [-0.2, 0) is 17.8 Å². The molecule has 0 bridgehead atoms. The van der Waals surface area contributed by atoms with Crippen LogP contribution in [0.2, 0.25) is 5.02 Å². The van der Waals surface area contributed by atoms with Gasteiger partial charge in [-0.3, -0.25) is 19.7 Å². The molecule has 25 heavy (non-hydrogen) atoms. The van der Waals surface area contributed by atoms with Crippen LogP contribution in [0.5, 0.6) is 0 Å². The van der Waals surface area contributed by atoms with E-state index in [1.165, 1.54) is 20.7 Å². The first-order valence-corrected chi connectivity index (χ1v) is 9.10. The van der Waals surface area contributed by atoms with E-state index in [9.17, 15) is 9.59 Å². The molecule has 0 saturated carbocycles.